The van der Waals surface area contributed by atoms with Crippen LogP contribution in [0, 0.1) is 6.92 Å². The zero-order valence-corrected chi connectivity index (χ0v) is 13.5. The third-order valence-electron chi connectivity index (χ3n) is 3.03. The number of hydrogen-bond acceptors (Lipinski definition) is 4. The normalized spacial score (nSPS) is 13.3. The van der Waals surface area contributed by atoms with E-state index in [1.165, 1.54) is 29.1 Å². The number of rotatable bonds is 5. The predicted molar refractivity (Wildman–Crippen MR) is 80.2 cm³/mol. The average molecular weight is 328 g/mol. The van der Waals surface area contributed by atoms with Gasteiger partial charge in [-0.1, -0.05) is 0 Å². The maximum absolute atomic E-state index is 12.3. The first kappa shape index (κ1) is 15.7. The molecule has 1 atom stereocenters. The molecule has 2 heterocycles. The van der Waals surface area contributed by atoms with E-state index >= 15 is 0 Å². The fourth-order valence-electron chi connectivity index (χ4n) is 1.94. The molecule has 0 aliphatic rings. The molecule has 0 aromatic carbocycles. The number of aromatic carboxylic acids is 1. The summed E-state index contributed by atoms with van der Waals surface area (Å²) in [6.07, 6.45) is 1.29. The Bertz CT molecular complexity index is 774. The molecule has 114 valence electrons. The second-order valence-corrected chi connectivity index (χ2v) is 7.80. The first-order chi connectivity index (χ1) is 9.70. The van der Waals surface area contributed by atoms with Gasteiger partial charge in [-0.05, 0) is 32.0 Å². The molecule has 8 heteroatoms. The Balaban J connectivity index is 2.26. The molecule has 2 aromatic rings. The van der Waals surface area contributed by atoms with Crippen LogP contribution in [0.5, 0.6) is 0 Å². The highest BCUT2D eigenvalue weighted by Crippen LogP contribution is 2.24. The molecule has 0 radical (unpaired) electrons. The van der Waals surface area contributed by atoms with Crippen molar-refractivity contribution in [2.45, 2.75) is 24.8 Å². The molecule has 2 rings (SSSR count). The van der Waals surface area contributed by atoms with Crippen molar-refractivity contribution in [1.29, 1.82) is 0 Å². The maximum atomic E-state index is 12.3. The van der Waals surface area contributed by atoms with Gasteiger partial charge in [-0.25, -0.2) is 17.9 Å². The molecule has 0 amide bonds. The van der Waals surface area contributed by atoms with E-state index in [4.69, 9.17) is 5.11 Å². The summed E-state index contributed by atoms with van der Waals surface area (Å²) in [6, 6.07) is 4.58. The lowest BCUT2D eigenvalue weighted by Gasteiger charge is -2.11. The topological polar surface area (TPSA) is 88.4 Å². The Labute approximate surface area is 127 Å². The van der Waals surface area contributed by atoms with Crippen molar-refractivity contribution < 1.29 is 18.3 Å². The number of sulfonamides is 1. The molecule has 0 saturated heterocycles. The lowest BCUT2D eigenvalue weighted by atomic mass is 10.3. The van der Waals surface area contributed by atoms with Crippen molar-refractivity contribution in [2.24, 2.45) is 7.05 Å². The molecule has 1 unspecified atom stereocenters. The van der Waals surface area contributed by atoms with Gasteiger partial charge in [0.25, 0.3) is 0 Å². The molecule has 0 fully saturated rings. The zero-order valence-electron chi connectivity index (χ0n) is 11.8. The van der Waals surface area contributed by atoms with Gasteiger partial charge in [-0.15, -0.1) is 11.3 Å². The molecule has 0 saturated carbocycles. The highest BCUT2D eigenvalue weighted by atomic mass is 32.2. The van der Waals surface area contributed by atoms with Crippen LogP contribution in [0.25, 0.3) is 0 Å². The van der Waals surface area contributed by atoms with Gasteiger partial charge in [0.05, 0.1) is 6.04 Å². The fraction of sp³-hybridized carbons (Fsp3) is 0.308. The van der Waals surface area contributed by atoms with Gasteiger partial charge >= 0.3 is 5.97 Å². The Morgan fingerprint density at radius 1 is 1.43 bits per heavy atom. The minimum absolute atomic E-state index is 0.0532. The highest BCUT2D eigenvalue weighted by Gasteiger charge is 2.23. The summed E-state index contributed by atoms with van der Waals surface area (Å²) in [5.74, 6) is -1.17. The van der Waals surface area contributed by atoms with Crippen LogP contribution in [-0.4, -0.2) is 24.1 Å². The lowest BCUT2D eigenvalue weighted by molar-refractivity contribution is 0.0686. The summed E-state index contributed by atoms with van der Waals surface area (Å²) in [5.41, 5.74) is -0.0741. The Morgan fingerprint density at radius 2 is 2.10 bits per heavy atom. The predicted octanol–water partition coefficient (Wildman–Crippen LogP) is 2.13. The van der Waals surface area contributed by atoms with Crippen molar-refractivity contribution in [1.82, 2.24) is 9.29 Å². The lowest BCUT2D eigenvalue weighted by Crippen LogP contribution is -2.26. The molecule has 0 aliphatic carbocycles. The molecular formula is C13H16N2O4S2. The second-order valence-electron chi connectivity index (χ2n) is 4.77. The number of carboxylic acids is 1. The van der Waals surface area contributed by atoms with E-state index in [-0.39, 0.29) is 16.6 Å². The molecule has 21 heavy (non-hydrogen) atoms. The van der Waals surface area contributed by atoms with Gasteiger partial charge in [0.2, 0.25) is 10.0 Å². The number of thiophene rings is 1. The Morgan fingerprint density at radius 3 is 2.57 bits per heavy atom. The Hall–Kier alpha value is -1.64. The highest BCUT2D eigenvalue weighted by molar-refractivity contribution is 7.89. The third-order valence-corrected chi connectivity index (χ3v) is 5.72. The number of aromatic nitrogens is 1. The van der Waals surface area contributed by atoms with E-state index in [2.05, 4.69) is 4.72 Å². The zero-order chi connectivity index (χ0) is 15.8. The van der Waals surface area contributed by atoms with Gasteiger partial charge in [-0.3, -0.25) is 0 Å². The van der Waals surface area contributed by atoms with Crippen molar-refractivity contribution in [3.63, 3.8) is 0 Å². The summed E-state index contributed by atoms with van der Waals surface area (Å²) < 4.78 is 28.4. The molecule has 0 bridgehead atoms. The average Bonchev–Trinajstić information content (AvgIpc) is 2.95. The summed E-state index contributed by atoms with van der Waals surface area (Å²) in [4.78, 5) is 12.9. The van der Waals surface area contributed by atoms with Gasteiger partial charge < -0.3 is 9.67 Å². The van der Waals surface area contributed by atoms with Crippen LogP contribution in [0.4, 0.5) is 0 Å². The largest absolute Gasteiger partial charge is 0.477 e. The van der Waals surface area contributed by atoms with E-state index in [0.717, 1.165) is 15.8 Å². The first-order valence-corrected chi connectivity index (χ1v) is 8.49. The maximum Gasteiger partial charge on any atom is 0.352 e. The van der Waals surface area contributed by atoms with Crippen molar-refractivity contribution in [3.8, 4) is 0 Å². The number of hydrogen-bond donors (Lipinski definition) is 2. The van der Waals surface area contributed by atoms with Crippen molar-refractivity contribution in [3.05, 3.63) is 39.8 Å². The summed E-state index contributed by atoms with van der Waals surface area (Å²) in [6.45, 7) is 3.70. The van der Waals surface area contributed by atoms with Crippen LogP contribution in [-0.2, 0) is 17.1 Å². The van der Waals surface area contributed by atoms with Crippen LogP contribution in [0.2, 0.25) is 0 Å². The molecule has 0 spiro atoms. The van der Waals surface area contributed by atoms with Crippen LogP contribution in [0.1, 0.15) is 33.2 Å². The monoisotopic (exact) mass is 328 g/mol. The summed E-state index contributed by atoms with van der Waals surface area (Å²) in [5, 5.41) is 8.97. The van der Waals surface area contributed by atoms with Gasteiger partial charge in [0.15, 0.2) is 0 Å². The van der Waals surface area contributed by atoms with Gasteiger partial charge in [0, 0.05) is 23.0 Å². The summed E-state index contributed by atoms with van der Waals surface area (Å²) >= 11 is 1.52. The number of carboxylic acid groups (broad SMARTS) is 1. The van der Waals surface area contributed by atoms with Crippen LogP contribution < -0.4 is 4.72 Å². The second kappa shape index (κ2) is 5.63. The number of nitrogens with one attached hydrogen (secondary N) is 1. The van der Waals surface area contributed by atoms with Crippen LogP contribution >= 0.6 is 11.3 Å². The van der Waals surface area contributed by atoms with E-state index < -0.39 is 16.0 Å². The number of nitrogens with zero attached hydrogens (tertiary/aromatic N) is 1. The van der Waals surface area contributed by atoms with Crippen molar-refractivity contribution >= 4 is 27.3 Å². The first-order valence-electron chi connectivity index (χ1n) is 6.19. The minimum Gasteiger partial charge on any atom is -0.477 e. The van der Waals surface area contributed by atoms with E-state index in [9.17, 15) is 13.2 Å². The number of aryl methyl sites for hydroxylation is 2. The molecule has 6 nitrogen and oxygen atoms in total. The molecule has 2 aromatic heterocycles. The minimum atomic E-state index is -3.76. The summed E-state index contributed by atoms with van der Waals surface area (Å²) in [7, 11) is -2.27. The van der Waals surface area contributed by atoms with Gasteiger partial charge in [-0.2, -0.15) is 0 Å². The molecule has 2 N–H and O–H groups in total. The SMILES string of the molecule is Cc1ccc(C(C)NS(=O)(=O)c2cc(C(=O)O)n(C)c2)s1. The van der Waals surface area contributed by atoms with E-state index in [1.807, 2.05) is 19.1 Å². The smallest absolute Gasteiger partial charge is 0.352 e. The molecular weight excluding hydrogens is 312 g/mol. The van der Waals surface area contributed by atoms with Crippen LogP contribution in [0.15, 0.2) is 29.3 Å². The standard InChI is InChI=1S/C13H16N2O4S2/c1-8-4-5-12(20-8)9(2)14-21(18,19)10-6-11(13(16)17)15(3)7-10/h4-7,9,14H,1-3H3,(H,16,17). The van der Waals surface area contributed by atoms with E-state index in [1.54, 1.807) is 6.92 Å². The molecule has 0 aliphatic heterocycles. The number of carbonyl (C=O) groups is 1. The quantitative estimate of drug-likeness (QED) is 0.880. The van der Waals surface area contributed by atoms with Crippen LogP contribution in [0.3, 0.4) is 0 Å². The van der Waals surface area contributed by atoms with Crippen molar-refractivity contribution in [2.75, 3.05) is 0 Å². The third kappa shape index (κ3) is 3.34. The van der Waals surface area contributed by atoms with Gasteiger partial charge in [0.1, 0.15) is 10.6 Å². The fourth-order valence-corrected chi connectivity index (χ4v) is 4.19. The Kier molecular flexibility index (Phi) is 4.22. The van der Waals surface area contributed by atoms with E-state index in [0.29, 0.717) is 0 Å².